The van der Waals surface area contributed by atoms with Gasteiger partial charge in [0.2, 0.25) is 0 Å². The van der Waals surface area contributed by atoms with E-state index in [1.807, 2.05) is 0 Å². The Morgan fingerprint density at radius 1 is 0.781 bits per heavy atom. The highest BCUT2D eigenvalue weighted by atomic mass is 19.1. The number of carbonyl (C=O) groups excluding carboxylic acids is 2. The van der Waals surface area contributed by atoms with Crippen molar-refractivity contribution in [2.24, 2.45) is 0 Å². The van der Waals surface area contributed by atoms with Crippen LogP contribution in [0.3, 0.4) is 0 Å². The van der Waals surface area contributed by atoms with E-state index in [9.17, 15) is 18.4 Å². The van der Waals surface area contributed by atoms with Crippen LogP contribution in [0.1, 0.15) is 34.6 Å². The molecule has 3 rings (SSSR count). The van der Waals surface area contributed by atoms with Crippen LogP contribution in [0.15, 0.2) is 60.7 Å². The van der Waals surface area contributed by atoms with Crippen LogP contribution >= 0.6 is 0 Å². The van der Waals surface area contributed by atoms with Crippen molar-refractivity contribution in [1.82, 2.24) is 0 Å². The second kappa shape index (κ2) is 10.4. The maximum Gasteiger partial charge on any atom is 0.258 e. The van der Waals surface area contributed by atoms with Gasteiger partial charge in [-0.25, -0.2) is 8.78 Å². The lowest BCUT2D eigenvalue weighted by Gasteiger charge is -2.18. The van der Waals surface area contributed by atoms with Crippen molar-refractivity contribution < 1.29 is 27.8 Å². The van der Waals surface area contributed by atoms with Gasteiger partial charge in [0.05, 0.1) is 30.2 Å². The van der Waals surface area contributed by atoms with E-state index in [1.165, 1.54) is 12.1 Å². The first kappa shape index (κ1) is 22.7. The zero-order valence-corrected chi connectivity index (χ0v) is 17.6. The van der Waals surface area contributed by atoms with Crippen LogP contribution in [0.2, 0.25) is 0 Å². The van der Waals surface area contributed by atoms with E-state index < -0.39 is 17.5 Å². The van der Waals surface area contributed by atoms with E-state index >= 15 is 0 Å². The third kappa shape index (κ3) is 5.40. The minimum atomic E-state index is -0.989. The van der Waals surface area contributed by atoms with Crippen molar-refractivity contribution in [2.45, 2.75) is 13.8 Å². The first-order chi connectivity index (χ1) is 15.4. The third-order valence-electron chi connectivity index (χ3n) is 4.39. The Bertz CT molecular complexity index is 1120. The minimum Gasteiger partial charge on any atom is -0.492 e. The molecule has 0 aliphatic heterocycles. The van der Waals surface area contributed by atoms with E-state index in [4.69, 9.17) is 9.47 Å². The zero-order chi connectivity index (χ0) is 23.1. The van der Waals surface area contributed by atoms with Gasteiger partial charge in [0.25, 0.3) is 11.8 Å². The van der Waals surface area contributed by atoms with Gasteiger partial charge in [0.1, 0.15) is 23.1 Å². The van der Waals surface area contributed by atoms with Gasteiger partial charge in [0.15, 0.2) is 0 Å². The zero-order valence-electron chi connectivity index (χ0n) is 17.6. The van der Waals surface area contributed by atoms with Crippen molar-refractivity contribution in [2.75, 3.05) is 23.8 Å². The summed E-state index contributed by atoms with van der Waals surface area (Å²) < 4.78 is 38.4. The number of ether oxygens (including phenoxy) is 2. The SMILES string of the molecule is CCOc1cc(NC(=O)c2ccc(F)cc2F)c(OCC)cc1NC(=O)c1ccccc1. The Balaban J connectivity index is 1.94. The molecule has 0 aromatic heterocycles. The number of rotatable bonds is 8. The summed E-state index contributed by atoms with van der Waals surface area (Å²) >= 11 is 0. The molecule has 0 heterocycles. The Kier molecular flexibility index (Phi) is 7.38. The highest BCUT2D eigenvalue weighted by Gasteiger charge is 2.19. The summed E-state index contributed by atoms with van der Waals surface area (Å²) in [5.74, 6) is -2.38. The first-order valence-corrected chi connectivity index (χ1v) is 9.99. The molecule has 0 saturated carbocycles. The monoisotopic (exact) mass is 440 g/mol. The quantitative estimate of drug-likeness (QED) is 0.501. The molecule has 0 aliphatic carbocycles. The third-order valence-corrected chi connectivity index (χ3v) is 4.39. The van der Waals surface area contributed by atoms with Crippen molar-refractivity contribution >= 4 is 23.2 Å². The van der Waals surface area contributed by atoms with E-state index in [2.05, 4.69) is 10.6 Å². The number of hydrogen-bond acceptors (Lipinski definition) is 4. The Morgan fingerprint density at radius 2 is 1.34 bits per heavy atom. The summed E-state index contributed by atoms with van der Waals surface area (Å²) in [6, 6.07) is 14.3. The lowest BCUT2D eigenvalue weighted by Crippen LogP contribution is -2.16. The molecule has 0 atom stereocenters. The number of anilines is 2. The van der Waals surface area contributed by atoms with Gasteiger partial charge in [-0.3, -0.25) is 9.59 Å². The maximum absolute atomic E-state index is 14.0. The smallest absolute Gasteiger partial charge is 0.258 e. The average molecular weight is 440 g/mol. The van der Waals surface area contributed by atoms with Crippen LogP contribution in [-0.2, 0) is 0 Å². The number of benzene rings is 3. The van der Waals surface area contributed by atoms with E-state index in [0.717, 1.165) is 12.1 Å². The first-order valence-electron chi connectivity index (χ1n) is 9.99. The summed E-state index contributed by atoms with van der Waals surface area (Å²) in [6.45, 7) is 4.09. The van der Waals surface area contributed by atoms with E-state index in [1.54, 1.807) is 44.2 Å². The van der Waals surface area contributed by atoms with Crippen LogP contribution in [-0.4, -0.2) is 25.0 Å². The van der Waals surface area contributed by atoms with Crippen molar-refractivity contribution in [1.29, 1.82) is 0 Å². The van der Waals surface area contributed by atoms with Gasteiger partial charge >= 0.3 is 0 Å². The molecule has 0 unspecified atom stereocenters. The van der Waals surface area contributed by atoms with Crippen LogP contribution in [0.5, 0.6) is 11.5 Å². The van der Waals surface area contributed by atoms with Crippen molar-refractivity contribution in [3.8, 4) is 11.5 Å². The summed E-state index contributed by atoms with van der Waals surface area (Å²) in [5, 5.41) is 5.34. The fourth-order valence-corrected chi connectivity index (χ4v) is 2.95. The van der Waals surface area contributed by atoms with Crippen LogP contribution in [0.4, 0.5) is 20.2 Å². The topological polar surface area (TPSA) is 76.7 Å². The fourth-order valence-electron chi connectivity index (χ4n) is 2.95. The number of amides is 2. The Labute approximate surface area is 184 Å². The number of nitrogens with one attached hydrogen (secondary N) is 2. The summed E-state index contributed by atoms with van der Waals surface area (Å²) in [7, 11) is 0. The van der Waals surface area contributed by atoms with Crippen molar-refractivity contribution in [3.63, 3.8) is 0 Å². The molecule has 3 aromatic rings. The fraction of sp³-hybridized carbons (Fsp3) is 0.167. The predicted molar refractivity (Wildman–Crippen MR) is 117 cm³/mol. The number of hydrogen-bond donors (Lipinski definition) is 2. The summed E-state index contributed by atoms with van der Waals surface area (Å²) in [4.78, 5) is 25.2. The van der Waals surface area contributed by atoms with Gasteiger partial charge in [-0.15, -0.1) is 0 Å². The molecule has 0 bridgehead atoms. The molecular weight excluding hydrogens is 418 g/mol. The maximum atomic E-state index is 14.0. The van der Waals surface area contributed by atoms with Crippen LogP contribution in [0.25, 0.3) is 0 Å². The summed E-state index contributed by atoms with van der Waals surface area (Å²) in [6.07, 6.45) is 0. The van der Waals surface area contributed by atoms with Gasteiger partial charge < -0.3 is 20.1 Å². The van der Waals surface area contributed by atoms with E-state index in [-0.39, 0.29) is 35.3 Å². The predicted octanol–water partition coefficient (Wildman–Crippen LogP) is 5.27. The highest BCUT2D eigenvalue weighted by Crippen LogP contribution is 2.37. The minimum absolute atomic E-state index is 0.210. The van der Waals surface area contributed by atoms with E-state index in [0.29, 0.717) is 23.9 Å². The molecule has 0 spiro atoms. The van der Waals surface area contributed by atoms with Crippen LogP contribution < -0.4 is 20.1 Å². The lowest BCUT2D eigenvalue weighted by atomic mass is 10.1. The van der Waals surface area contributed by atoms with Gasteiger partial charge in [-0.05, 0) is 38.1 Å². The van der Waals surface area contributed by atoms with Crippen LogP contribution in [0, 0.1) is 11.6 Å². The Morgan fingerprint density at radius 3 is 1.88 bits per heavy atom. The molecule has 6 nitrogen and oxygen atoms in total. The molecule has 0 radical (unpaired) electrons. The second-order valence-electron chi connectivity index (χ2n) is 6.61. The molecule has 2 amide bonds. The molecule has 3 aromatic carbocycles. The molecule has 0 saturated heterocycles. The molecule has 166 valence electrons. The lowest BCUT2D eigenvalue weighted by molar-refractivity contribution is 0.101. The molecular formula is C24H22F2N2O4. The molecule has 8 heteroatoms. The molecule has 0 fully saturated rings. The van der Waals surface area contributed by atoms with Gasteiger partial charge in [-0.1, -0.05) is 18.2 Å². The largest absolute Gasteiger partial charge is 0.492 e. The molecule has 2 N–H and O–H groups in total. The summed E-state index contributed by atoms with van der Waals surface area (Å²) in [5.41, 5.74) is 0.683. The average Bonchev–Trinajstić information content (AvgIpc) is 2.77. The highest BCUT2D eigenvalue weighted by molar-refractivity contribution is 6.07. The Hall–Kier alpha value is -3.94. The number of halogens is 2. The second-order valence-corrected chi connectivity index (χ2v) is 6.61. The normalized spacial score (nSPS) is 10.4. The standard InChI is InChI=1S/C24H22F2N2O4/c1-3-31-21-14-20(28-24(30)17-11-10-16(25)12-18(17)26)22(32-4-2)13-19(21)27-23(29)15-8-6-5-7-9-15/h5-14H,3-4H2,1-2H3,(H,27,29)(H,28,30). The van der Waals surface area contributed by atoms with Gasteiger partial charge in [0, 0.05) is 23.8 Å². The molecule has 32 heavy (non-hydrogen) atoms. The van der Waals surface area contributed by atoms with Gasteiger partial charge in [-0.2, -0.15) is 0 Å². The molecule has 0 aliphatic rings. The number of carbonyl (C=O) groups is 2. The van der Waals surface area contributed by atoms with Crippen molar-refractivity contribution in [3.05, 3.63) is 83.4 Å².